The Morgan fingerprint density at radius 3 is 2.93 bits per heavy atom. The first-order valence-electron chi connectivity index (χ1n) is 4.86. The van der Waals surface area contributed by atoms with Crippen molar-refractivity contribution in [2.24, 2.45) is 0 Å². The van der Waals surface area contributed by atoms with Gasteiger partial charge in [-0.1, -0.05) is 6.07 Å². The van der Waals surface area contributed by atoms with E-state index in [9.17, 15) is 0 Å². The SMILES string of the molecule is COC(C)CCOc1cc[c]c(C)c1. The van der Waals surface area contributed by atoms with Gasteiger partial charge in [0.05, 0.1) is 12.7 Å². The molecular weight excluding hydrogens is 176 g/mol. The van der Waals surface area contributed by atoms with Gasteiger partial charge >= 0.3 is 0 Å². The summed E-state index contributed by atoms with van der Waals surface area (Å²) < 4.78 is 10.7. The predicted molar refractivity (Wildman–Crippen MR) is 56.6 cm³/mol. The summed E-state index contributed by atoms with van der Waals surface area (Å²) in [5, 5.41) is 0. The van der Waals surface area contributed by atoms with Gasteiger partial charge in [0, 0.05) is 13.5 Å². The lowest BCUT2D eigenvalue weighted by Gasteiger charge is -2.10. The van der Waals surface area contributed by atoms with E-state index in [1.165, 1.54) is 0 Å². The van der Waals surface area contributed by atoms with Crippen molar-refractivity contribution in [1.29, 1.82) is 0 Å². The maximum atomic E-state index is 5.56. The van der Waals surface area contributed by atoms with Crippen molar-refractivity contribution in [1.82, 2.24) is 0 Å². The quantitative estimate of drug-likeness (QED) is 0.715. The van der Waals surface area contributed by atoms with Gasteiger partial charge in [0.25, 0.3) is 0 Å². The number of methoxy groups -OCH3 is 1. The summed E-state index contributed by atoms with van der Waals surface area (Å²) in [5.41, 5.74) is 1.10. The molecule has 2 nitrogen and oxygen atoms in total. The van der Waals surface area contributed by atoms with E-state index in [2.05, 4.69) is 6.07 Å². The van der Waals surface area contributed by atoms with Crippen LogP contribution in [0.1, 0.15) is 18.9 Å². The molecule has 0 fully saturated rings. The van der Waals surface area contributed by atoms with Gasteiger partial charge in [0.15, 0.2) is 0 Å². The Balaban J connectivity index is 2.31. The summed E-state index contributed by atoms with van der Waals surface area (Å²) >= 11 is 0. The fourth-order valence-electron chi connectivity index (χ4n) is 1.11. The highest BCUT2D eigenvalue weighted by Crippen LogP contribution is 2.12. The number of ether oxygens (including phenoxy) is 2. The number of aryl methyl sites for hydroxylation is 1. The normalized spacial score (nSPS) is 12.5. The summed E-state index contributed by atoms with van der Waals surface area (Å²) in [6.07, 6.45) is 1.17. The van der Waals surface area contributed by atoms with Gasteiger partial charge in [-0.2, -0.15) is 0 Å². The molecule has 0 bridgehead atoms. The van der Waals surface area contributed by atoms with Crippen molar-refractivity contribution in [2.75, 3.05) is 13.7 Å². The van der Waals surface area contributed by atoms with Crippen molar-refractivity contribution >= 4 is 0 Å². The largest absolute Gasteiger partial charge is 0.493 e. The van der Waals surface area contributed by atoms with E-state index in [0.29, 0.717) is 6.61 Å². The predicted octanol–water partition coefficient (Wildman–Crippen LogP) is 2.60. The molecule has 0 N–H and O–H groups in total. The zero-order chi connectivity index (χ0) is 10.4. The van der Waals surface area contributed by atoms with Crippen LogP contribution >= 0.6 is 0 Å². The molecule has 14 heavy (non-hydrogen) atoms. The topological polar surface area (TPSA) is 18.5 Å². The van der Waals surface area contributed by atoms with Crippen LogP contribution in [0.2, 0.25) is 0 Å². The van der Waals surface area contributed by atoms with E-state index in [1.54, 1.807) is 7.11 Å². The highest BCUT2D eigenvalue weighted by molar-refractivity contribution is 5.26. The first kappa shape index (κ1) is 11.1. The Morgan fingerprint density at radius 1 is 1.50 bits per heavy atom. The van der Waals surface area contributed by atoms with Gasteiger partial charge in [-0.25, -0.2) is 0 Å². The molecule has 0 aromatic heterocycles. The van der Waals surface area contributed by atoms with Crippen molar-refractivity contribution in [3.63, 3.8) is 0 Å². The number of hydrogen-bond acceptors (Lipinski definition) is 2. The van der Waals surface area contributed by atoms with E-state index in [4.69, 9.17) is 9.47 Å². The Bertz CT molecular complexity index is 271. The molecule has 0 aliphatic rings. The van der Waals surface area contributed by atoms with Gasteiger partial charge < -0.3 is 9.47 Å². The van der Waals surface area contributed by atoms with Crippen molar-refractivity contribution in [3.05, 3.63) is 29.8 Å². The van der Waals surface area contributed by atoms with Gasteiger partial charge in [0.1, 0.15) is 5.75 Å². The molecule has 1 aromatic rings. The van der Waals surface area contributed by atoms with E-state index < -0.39 is 0 Å². The monoisotopic (exact) mass is 193 g/mol. The standard InChI is InChI=1S/C12H17O2/c1-10-5-4-6-12(9-10)14-8-7-11(2)13-3/h4,6,9,11H,7-8H2,1-3H3. The Morgan fingerprint density at radius 2 is 2.29 bits per heavy atom. The van der Waals surface area contributed by atoms with Crippen molar-refractivity contribution < 1.29 is 9.47 Å². The Labute approximate surface area is 85.8 Å². The zero-order valence-corrected chi connectivity index (χ0v) is 9.04. The molecule has 1 radical (unpaired) electrons. The molecule has 1 rings (SSSR count). The molecule has 0 heterocycles. The first-order chi connectivity index (χ1) is 6.72. The molecule has 0 saturated carbocycles. The van der Waals surface area contributed by atoms with E-state index >= 15 is 0 Å². The van der Waals surface area contributed by atoms with E-state index in [-0.39, 0.29) is 6.10 Å². The first-order valence-corrected chi connectivity index (χ1v) is 4.86. The van der Waals surface area contributed by atoms with Crippen LogP contribution in [0.5, 0.6) is 5.75 Å². The van der Waals surface area contributed by atoms with Gasteiger partial charge in [-0.3, -0.25) is 0 Å². The van der Waals surface area contributed by atoms with Crippen LogP contribution in [0.3, 0.4) is 0 Å². The van der Waals surface area contributed by atoms with Crippen LogP contribution in [0, 0.1) is 13.0 Å². The van der Waals surface area contributed by atoms with Crippen LogP contribution in [-0.4, -0.2) is 19.8 Å². The second-order valence-electron chi connectivity index (χ2n) is 3.39. The van der Waals surface area contributed by atoms with Crippen molar-refractivity contribution in [2.45, 2.75) is 26.4 Å². The van der Waals surface area contributed by atoms with Crippen LogP contribution in [0.25, 0.3) is 0 Å². The molecule has 1 unspecified atom stereocenters. The van der Waals surface area contributed by atoms with Crippen molar-refractivity contribution in [3.8, 4) is 5.75 Å². The third-order valence-corrected chi connectivity index (χ3v) is 2.11. The third kappa shape index (κ3) is 3.79. The molecule has 1 aromatic carbocycles. The molecule has 0 aliphatic carbocycles. The van der Waals surface area contributed by atoms with Crippen LogP contribution in [0.15, 0.2) is 18.2 Å². The number of benzene rings is 1. The lowest BCUT2D eigenvalue weighted by Crippen LogP contribution is -2.10. The van der Waals surface area contributed by atoms with Crippen LogP contribution < -0.4 is 4.74 Å². The smallest absolute Gasteiger partial charge is 0.119 e. The number of rotatable bonds is 5. The maximum Gasteiger partial charge on any atom is 0.119 e. The van der Waals surface area contributed by atoms with Gasteiger partial charge in [-0.15, -0.1) is 0 Å². The minimum absolute atomic E-state index is 0.256. The summed E-state index contributed by atoms with van der Waals surface area (Å²) in [4.78, 5) is 0. The fraction of sp³-hybridized carbons (Fsp3) is 0.500. The lowest BCUT2D eigenvalue weighted by molar-refractivity contribution is 0.0955. The second-order valence-corrected chi connectivity index (χ2v) is 3.39. The summed E-state index contributed by atoms with van der Waals surface area (Å²) in [5.74, 6) is 0.907. The Kier molecular flexibility index (Phi) is 4.47. The van der Waals surface area contributed by atoms with Gasteiger partial charge in [-0.05, 0) is 37.6 Å². The maximum absolute atomic E-state index is 5.56. The highest BCUT2D eigenvalue weighted by Gasteiger charge is 1.99. The molecule has 1 atom stereocenters. The molecule has 2 heteroatoms. The minimum atomic E-state index is 0.256. The average Bonchev–Trinajstić information content (AvgIpc) is 2.17. The summed E-state index contributed by atoms with van der Waals surface area (Å²) in [6, 6.07) is 8.86. The third-order valence-electron chi connectivity index (χ3n) is 2.11. The fourth-order valence-corrected chi connectivity index (χ4v) is 1.11. The van der Waals surface area contributed by atoms with Gasteiger partial charge in [0.2, 0.25) is 0 Å². The average molecular weight is 193 g/mol. The molecule has 0 aliphatic heterocycles. The van der Waals surface area contributed by atoms with E-state index in [0.717, 1.165) is 17.7 Å². The van der Waals surface area contributed by atoms with E-state index in [1.807, 2.05) is 32.0 Å². The molecular formula is C12H17O2. The number of hydrogen-bond donors (Lipinski definition) is 0. The molecule has 0 saturated heterocycles. The van der Waals surface area contributed by atoms with Crippen LogP contribution in [0.4, 0.5) is 0 Å². The summed E-state index contributed by atoms with van der Waals surface area (Å²) in [6.45, 7) is 4.73. The molecule has 0 spiro atoms. The highest BCUT2D eigenvalue weighted by atomic mass is 16.5. The molecule has 0 amide bonds. The Hall–Kier alpha value is -1.02. The minimum Gasteiger partial charge on any atom is -0.493 e. The zero-order valence-electron chi connectivity index (χ0n) is 9.04. The summed E-state index contributed by atoms with van der Waals surface area (Å²) in [7, 11) is 1.71. The van der Waals surface area contributed by atoms with Crippen LogP contribution in [-0.2, 0) is 4.74 Å². The second kappa shape index (κ2) is 5.66. The lowest BCUT2D eigenvalue weighted by atomic mass is 10.2. The molecule has 77 valence electrons.